The molecule has 1 aliphatic carbocycles. The summed E-state index contributed by atoms with van der Waals surface area (Å²) in [6, 6.07) is 15.7. The van der Waals surface area contributed by atoms with Gasteiger partial charge in [-0.05, 0) is 49.4 Å². The zero-order valence-electron chi connectivity index (χ0n) is 18.6. The minimum Gasteiger partial charge on any atom is -0.497 e. The van der Waals surface area contributed by atoms with Gasteiger partial charge in [0.1, 0.15) is 11.4 Å². The van der Waals surface area contributed by atoms with E-state index < -0.39 is 5.41 Å². The van der Waals surface area contributed by atoms with E-state index in [-0.39, 0.29) is 11.7 Å². The van der Waals surface area contributed by atoms with Gasteiger partial charge in [0.25, 0.3) is 5.91 Å². The number of hydrogen-bond acceptors (Lipinski definition) is 3. The molecule has 1 aromatic heterocycles. The molecule has 1 aliphatic heterocycles. The Labute approximate surface area is 188 Å². The molecule has 5 nitrogen and oxygen atoms in total. The van der Waals surface area contributed by atoms with E-state index in [0.29, 0.717) is 30.8 Å². The highest BCUT2D eigenvalue weighted by atomic mass is 16.5. The first-order valence-corrected chi connectivity index (χ1v) is 11.2. The number of allylic oxidation sites excluding steroid dienone is 2. The molecule has 2 aliphatic rings. The first kappa shape index (κ1) is 20.6. The van der Waals surface area contributed by atoms with Crippen LogP contribution < -0.4 is 4.74 Å². The molecule has 164 valence electrons. The van der Waals surface area contributed by atoms with Crippen molar-refractivity contribution in [1.82, 2.24) is 9.47 Å². The molecule has 5 rings (SSSR count). The second-order valence-electron chi connectivity index (χ2n) is 8.99. The Morgan fingerprint density at radius 3 is 2.59 bits per heavy atom. The number of ketones is 1. The van der Waals surface area contributed by atoms with Crippen molar-refractivity contribution in [2.24, 2.45) is 12.5 Å². The van der Waals surface area contributed by atoms with Crippen LogP contribution in [0.15, 0.2) is 60.7 Å². The molecule has 0 fully saturated rings. The number of aromatic nitrogens is 1. The fraction of sp³-hybridized carbons (Fsp3) is 0.333. The van der Waals surface area contributed by atoms with Crippen LogP contribution in [0.5, 0.6) is 5.75 Å². The molecule has 2 heterocycles. The molecule has 1 amide bonds. The normalized spacial score (nSPS) is 21.0. The standard InChI is InChI=1S/C27H28N2O3/c1-28-22-10-6-5-9-21(22)23-24(28)26(31)29(17-19-11-13-20(32-2)14-12-19)18-27(25(23)30)15-7-3-4-8-16-27/h3,5-7,9-14H,4,8,15-18H2,1-2H3. The summed E-state index contributed by atoms with van der Waals surface area (Å²) in [5.41, 5.74) is 2.46. The summed E-state index contributed by atoms with van der Waals surface area (Å²) >= 11 is 0. The Hall–Kier alpha value is -3.34. The molecule has 0 saturated heterocycles. The molecule has 5 heteroatoms. The van der Waals surface area contributed by atoms with Crippen molar-refractivity contribution in [2.75, 3.05) is 13.7 Å². The summed E-state index contributed by atoms with van der Waals surface area (Å²) in [5, 5.41) is 0.877. The summed E-state index contributed by atoms with van der Waals surface area (Å²) < 4.78 is 7.18. The minimum atomic E-state index is -0.593. The second kappa shape index (κ2) is 7.97. The molecule has 0 bridgehead atoms. The molecule has 1 spiro atoms. The number of Topliss-reactive ketones (excluding diaryl/α,β-unsaturated/α-hetero) is 1. The molecule has 1 unspecified atom stereocenters. The summed E-state index contributed by atoms with van der Waals surface area (Å²) in [7, 11) is 3.53. The maximum Gasteiger partial charge on any atom is 0.271 e. The van der Waals surface area contributed by atoms with Crippen molar-refractivity contribution < 1.29 is 14.3 Å². The number of hydrogen-bond donors (Lipinski definition) is 0. The van der Waals surface area contributed by atoms with Crippen molar-refractivity contribution in [3.63, 3.8) is 0 Å². The zero-order valence-corrected chi connectivity index (χ0v) is 18.6. The van der Waals surface area contributed by atoms with E-state index in [1.54, 1.807) is 7.11 Å². The van der Waals surface area contributed by atoms with Crippen LogP contribution in [-0.2, 0) is 13.6 Å². The molecular weight excluding hydrogens is 400 g/mol. The molecule has 2 aromatic carbocycles. The number of fused-ring (bicyclic) bond motifs is 3. The predicted molar refractivity (Wildman–Crippen MR) is 125 cm³/mol. The van der Waals surface area contributed by atoms with Gasteiger partial charge < -0.3 is 14.2 Å². The van der Waals surface area contributed by atoms with E-state index in [4.69, 9.17) is 4.74 Å². The summed E-state index contributed by atoms with van der Waals surface area (Å²) in [6.07, 6.45) is 7.69. The van der Waals surface area contributed by atoms with Crippen molar-refractivity contribution in [2.45, 2.75) is 32.2 Å². The van der Waals surface area contributed by atoms with Crippen LogP contribution in [-0.4, -0.2) is 34.8 Å². The van der Waals surface area contributed by atoms with Gasteiger partial charge in [0, 0.05) is 31.0 Å². The monoisotopic (exact) mass is 428 g/mol. The molecule has 0 N–H and O–H groups in total. The number of benzene rings is 2. The highest BCUT2D eigenvalue weighted by Gasteiger charge is 2.47. The fourth-order valence-electron chi connectivity index (χ4n) is 5.31. The number of carbonyl (C=O) groups is 2. The van der Waals surface area contributed by atoms with Gasteiger partial charge >= 0.3 is 0 Å². The zero-order chi connectivity index (χ0) is 22.3. The summed E-state index contributed by atoms with van der Waals surface area (Å²) in [6.45, 7) is 0.895. The highest BCUT2D eigenvalue weighted by Crippen LogP contribution is 2.43. The van der Waals surface area contributed by atoms with Crippen LogP contribution >= 0.6 is 0 Å². The number of rotatable bonds is 3. The lowest BCUT2D eigenvalue weighted by Crippen LogP contribution is -2.42. The number of amides is 1. The van der Waals surface area contributed by atoms with Gasteiger partial charge in [0.05, 0.1) is 18.1 Å². The Morgan fingerprint density at radius 1 is 1.03 bits per heavy atom. The molecule has 3 aromatic rings. The quantitative estimate of drug-likeness (QED) is 0.543. The number of ether oxygens (including phenoxy) is 1. The topological polar surface area (TPSA) is 51.5 Å². The van der Waals surface area contributed by atoms with E-state index in [2.05, 4.69) is 12.2 Å². The van der Waals surface area contributed by atoms with Crippen molar-refractivity contribution in [3.8, 4) is 5.75 Å². The number of carbonyl (C=O) groups excluding carboxylic acids is 2. The first-order valence-electron chi connectivity index (χ1n) is 11.2. The Balaban J connectivity index is 1.66. The largest absolute Gasteiger partial charge is 0.497 e. The molecule has 0 saturated carbocycles. The fourth-order valence-corrected chi connectivity index (χ4v) is 5.31. The molecule has 1 atom stereocenters. The van der Waals surface area contributed by atoms with Gasteiger partial charge in [-0.3, -0.25) is 9.59 Å². The van der Waals surface area contributed by atoms with Crippen molar-refractivity contribution >= 4 is 22.6 Å². The molecular formula is C27H28N2O3. The lowest BCUT2D eigenvalue weighted by molar-refractivity contribution is 0.0584. The van der Waals surface area contributed by atoms with E-state index >= 15 is 0 Å². The van der Waals surface area contributed by atoms with Crippen LogP contribution in [0.4, 0.5) is 0 Å². The van der Waals surface area contributed by atoms with Gasteiger partial charge in [-0.1, -0.05) is 42.5 Å². The number of para-hydroxylation sites is 1. The van der Waals surface area contributed by atoms with Gasteiger partial charge in [0.2, 0.25) is 0 Å². The maximum atomic E-state index is 14.2. The van der Waals surface area contributed by atoms with Crippen LogP contribution in [0.1, 0.15) is 52.1 Å². The van der Waals surface area contributed by atoms with Crippen molar-refractivity contribution in [3.05, 3.63) is 77.5 Å². The SMILES string of the molecule is COc1ccc(CN2CC3(CC=CCCC3)C(=O)c3c(n(C)c4ccccc34)C2=O)cc1. The average Bonchev–Trinajstić information content (AvgIpc) is 2.94. The first-order chi connectivity index (χ1) is 15.5. The minimum absolute atomic E-state index is 0.0760. The summed E-state index contributed by atoms with van der Waals surface area (Å²) in [5.74, 6) is 0.821. The van der Waals surface area contributed by atoms with Gasteiger partial charge in [-0.2, -0.15) is 0 Å². The highest BCUT2D eigenvalue weighted by molar-refractivity contribution is 6.19. The lowest BCUT2D eigenvalue weighted by Gasteiger charge is -2.34. The third kappa shape index (κ3) is 3.24. The predicted octanol–water partition coefficient (Wildman–Crippen LogP) is 5.14. The lowest BCUT2D eigenvalue weighted by atomic mass is 9.74. The van der Waals surface area contributed by atoms with E-state index in [1.165, 1.54) is 0 Å². The van der Waals surface area contributed by atoms with E-state index in [1.807, 2.05) is 65.0 Å². The number of nitrogens with zero attached hydrogens (tertiary/aromatic N) is 2. The van der Waals surface area contributed by atoms with Crippen molar-refractivity contribution in [1.29, 1.82) is 0 Å². The Morgan fingerprint density at radius 2 is 1.81 bits per heavy atom. The summed E-state index contributed by atoms with van der Waals surface area (Å²) in [4.78, 5) is 30.0. The average molecular weight is 429 g/mol. The number of methoxy groups -OCH3 is 1. The molecule has 0 radical (unpaired) electrons. The Bertz CT molecular complexity index is 1220. The number of aryl methyl sites for hydroxylation is 1. The second-order valence-corrected chi connectivity index (χ2v) is 8.99. The Kier molecular flexibility index (Phi) is 5.12. The maximum absolute atomic E-state index is 14.2. The molecule has 32 heavy (non-hydrogen) atoms. The van der Waals surface area contributed by atoms with E-state index in [0.717, 1.165) is 41.5 Å². The van der Waals surface area contributed by atoms with Gasteiger partial charge in [0.15, 0.2) is 5.78 Å². The van der Waals surface area contributed by atoms with Crippen LogP contribution in [0.3, 0.4) is 0 Å². The smallest absolute Gasteiger partial charge is 0.271 e. The van der Waals surface area contributed by atoms with Gasteiger partial charge in [-0.15, -0.1) is 0 Å². The van der Waals surface area contributed by atoms with E-state index in [9.17, 15) is 9.59 Å². The van der Waals surface area contributed by atoms with Gasteiger partial charge in [-0.25, -0.2) is 0 Å². The third-order valence-electron chi connectivity index (χ3n) is 7.03. The third-order valence-corrected chi connectivity index (χ3v) is 7.03. The van der Waals surface area contributed by atoms with Crippen LogP contribution in [0.2, 0.25) is 0 Å². The van der Waals surface area contributed by atoms with Crippen LogP contribution in [0.25, 0.3) is 10.9 Å². The van der Waals surface area contributed by atoms with Crippen LogP contribution in [0, 0.1) is 5.41 Å².